The summed E-state index contributed by atoms with van der Waals surface area (Å²) in [5, 5.41) is 0. The zero-order valence-corrected chi connectivity index (χ0v) is 12.2. The Bertz CT molecular complexity index is 400. The number of piperazine rings is 1. The van der Waals surface area contributed by atoms with E-state index in [-0.39, 0.29) is 6.04 Å². The fourth-order valence-electron chi connectivity index (χ4n) is 2.59. The Morgan fingerprint density at radius 2 is 1.74 bits per heavy atom. The van der Waals surface area contributed by atoms with Crippen molar-refractivity contribution in [3.63, 3.8) is 0 Å². The van der Waals surface area contributed by atoms with E-state index in [4.69, 9.17) is 10.5 Å². The first-order chi connectivity index (χ1) is 9.13. The summed E-state index contributed by atoms with van der Waals surface area (Å²) in [7, 11) is 1.73. The third-order valence-electron chi connectivity index (χ3n) is 4.08. The van der Waals surface area contributed by atoms with Gasteiger partial charge in [-0.05, 0) is 26.0 Å². The number of nitrogens with zero attached hydrogens (tertiary/aromatic N) is 2. The van der Waals surface area contributed by atoms with Crippen LogP contribution in [0, 0.1) is 0 Å². The van der Waals surface area contributed by atoms with Crippen molar-refractivity contribution in [2.45, 2.75) is 25.9 Å². The molecule has 1 fully saturated rings. The average molecular weight is 263 g/mol. The van der Waals surface area contributed by atoms with Gasteiger partial charge in [-0.15, -0.1) is 0 Å². The minimum absolute atomic E-state index is 0.220. The summed E-state index contributed by atoms with van der Waals surface area (Å²) in [6, 6.07) is 8.89. The van der Waals surface area contributed by atoms with E-state index in [1.54, 1.807) is 7.11 Å². The van der Waals surface area contributed by atoms with Crippen LogP contribution in [0.15, 0.2) is 24.3 Å². The van der Waals surface area contributed by atoms with Gasteiger partial charge in [0.1, 0.15) is 5.75 Å². The highest BCUT2D eigenvalue weighted by molar-refractivity contribution is 5.58. The minimum atomic E-state index is 0.220. The van der Waals surface area contributed by atoms with Gasteiger partial charge in [-0.2, -0.15) is 0 Å². The van der Waals surface area contributed by atoms with Crippen LogP contribution in [0.2, 0.25) is 0 Å². The first-order valence-electron chi connectivity index (χ1n) is 7.01. The van der Waals surface area contributed by atoms with E-state index in [0.29, 0.717) is 6.04 Å². The van der Waals surface area contributed by atoms with Gasteiger partial charge in [0.2, 0.25) is 0 Å². The Balaban J connectivity index is 2.00. The summed E-state index contributed by atoms with van der Waals surface area (Å²) in [6.07, 6.45) is 0. The molecule has 0 amide bonds. The molecule has 19 heavy (non-hydrogen) atoms. The van der Waals surface area contributed by atoms with E-state index in [0.717, 1.165) is 31.9 Å². The van der Waals surface area contributed by atoms with Crippen molar-refractivity contribution in [2.24, 2.45) is 5.73 Å². The summed E-state index contributed by atoms with van der Waals surface area (Å²) in [5.41, 5.74) is 7.18. The summed E-state index contributed by atoms with van der Waals surface area (Å²) in [5.74, 6) is 0.955. The lowest BCUT2D eigenvalue weighted by Crippen LogP contribution is -2.53. The first-order valence-corrected chi connectivity index (χ1v) is 7.01. The molecule has 1 aliphatic rings. The van der Waals surface area contributed by atoms with Gasteiger partial charge in [0.25, 0.3) is 0 Å². The lowest BCUT2D eigenvalue weighted by molar-refractivity contribution is 0.178. The normalized spacial score (nSPS) is 20.1. The van der Waals surface area contributed by atoms with Crippen molar-refractivity contribution >= 4 is 5.69 Å². The van der Waals surface area contributed by atoms with Crippen molar-refractivity contribution < 1.29 is 4.74 Å². The smallest absolute Gasteiger partial charge is 0.142 e. The molecule has 0 saturated carbocycles. The molecule has 1 aliphatic heterocycles. The van der Waals surface area contributed by atoms with Gasteiger partial charge in [0.15, 0.2) is 0 Å². The Hall–Kier alpha value is -1.26. The topological polar surface area (TPSA) is 41.7 Å². The molecule has 0 radical (unpaired) electrons. The van der Waals surface area contributed by atoms with E-state index in [1.807, 2.05) is 12.1 Å². The van der Waals surface area contributed by atoms with Crippen LogP contribution in [-0.2, 0) is 0 Å². The number of para-hydroxylation sites is 2. The fraction of sp³-hybridized carbons (Fsp3) is 0.600. The van der Waals surface area contributed by atoms with Gasteiger partial charge in [0.05, 0.1) is 12.8 Å². The quantitative estimate of drug-likeness (QED) is 0.895. The summed E-state index contributed by atoms with van der Waals surface area (Å²) in [4.78, 5) is 4.86. The fourth-order valence-corrected chi connectivity index (χ4v) is 2.59. The second-order valence-corrected chi connectivity index (χ2v) is 5.29. The molecule has 2 atom stereocenters. The SMILES string of the molecule is COc1ccccc1N1CCN(C(C)C(C)N)CC1. The number of anilines is 1. The highest BCUT2D eigenvalue weighted by Gasteiger charge is 2.24. The van der Waals surface area contributed by atoms with Gasteiger partial charge in [0, 0.05) is 38.3 Å². The lowest BCUT2D eigenvalue weighted by Gasteiger charge is -2.40. The molecule has 2 N–H and O–H groups in total. The maximum Gasteiger partial charge on any atom is 0.142 e. The predicted octanol–water partition coefficient (Wildman–Crippen LogP) is 1.55. The van der Waals surface area contributed by atoms with Gasteiger partial charge in [-0.1, -0.05) is 12.1 Å². The van der Waals surface area contributed by atoms with Crippen LogP contribution in [0.25, 0.3) is 0 Å². The molecule has 0 aliphatic carbocycles. The molecular weight excluding hydrogens is 238 g/mol. The standard InChI is InChI=1S/C15H25N3O/c1-12(16)13(2)17-8-10-18(11-9-17)14-6-4-5-7-15(14)19-3/h4-7,12-13H,8-11,16H2,1-3H3. The van der Waals surface area contributed by atoms with E-state index in [9.17, 15) is 0 Å². The Labute approximate surface area is 116 Å². The highest BCUT2D eigenvalue weighted by atomic mass is 16.5. The largest absolute Gasteiger partial charge is 0.495 e. The second-order valence-electron chi connectivity index (χ2n) is 5.29. The van der Waals surface area contributed by atoms with Crippen LogP contribution in [0.4, 0.5) is 5.69 Å². The average Bonchev–Trinajstić information content (AvgIpc) is 2.46. The predicted molar refractivity (Wildman–Crippen MR) is 79.9 cm³/mol. The minimum Gasteiger partial charge on any atom is -0.495 e. The molecule has 0 bridgehead atoms. The Kier molecular flexibility index (Phi) is 4.66. The Morgan fingerprint density at radius 3 is 2.32 bits per heavy atom. The van der Waals surface area contributed by atoms with E-state index >= 15 is 0 Å². The lowest BCUT2D eigenvalue weighted by atomic mass is 10.1. The Morgan fingerprint density at radius 1 is 1.11 bits per heavy atom. The van der Waals surface area contributed by atoms with Gasteiger partial charge >= 0.3 is 0 Å². The number of rotatable bonds is 4. The van der Waals surface area contributed by atoms with E-state index < -0.39 is 0 Å². The monoisotopic (exact) mass is 263 g/mol. The number of benzene rings is 1. The van der Waals surface area contributed by atoms with Crippen molar-refractivity contribution in [2.75, 3.05) is 38.2 Å². The molecule has 106 valence electrons. The number of nitrogens with two attached hydrogens (primary N) is 1. The van der Waals surface area contributed by atoms with Crippen molar-refractivity contribution in [1.29, 1.82) is 0 Å². The molecule has 4 nitrogen and oxygen atoms in total. The number of ether oxygens (including phenoxy) is 1. The number of hydrogen-bond donors (Lipinski definition) is 1. The molecular formula is C15H25N3O. The second kappa shape index (κ2) is 6.26. The van der Waals surface area contributed by atoms with Gasteiger partial charge in [-0.25, -0.2) is 0 Å². The summed E-state index contributed by atoms with van der Waals surface area (Å²) < 4.78 is 5.44. The third-order valence-corrected chi connectivity index (χ3v) is 4.08. The van der Waals surface area contributed by atoms with Crippen molar-refractivity contribution in [1.82, 2.24) is 4.90 Å². The molecule has 1 aromatic rings. The number of hydrogen-bond acceptors (Lipinski definition) is 4. The van der Waals surface area contributed by atoms with Gasteiger partial charge in [-0.3, -0.25) is 4.90 Å². The van der Waals surface area contributed by atoms with Crippen LogP contribution < -0.4 is 15.4 Å². The molecule has 0 aromatic heterocycles. The molecule has 2 unspecified atom stereocenters. The zero-order chi connectivity index (χ0) is 13.8. The van der Waals surface area contributed by atoms with E-state index in [2.05, 4.69) is 35.8 Å². The molecule has 4 heteroatoms. The summed E-state index contributed by atoms with van der Waals surface area (Å²) >= 11 is 0. The molecule has 1 aromatic carbocycles. The van der Waals surface area contributed by atoms with E-state index in [1.165, 1.54) is 5.69 Å². The molecule has 2 rings (SSSR count). The zero-order valence-electron chi connectivity index (χ0n) is 12.2. The van der Waals surface area contributed by atoms with Crippen LogP contribution in [0.3, 0.4) is 0 Å². The first kappa shape index (κ1) is 14.2. The highest BCUT2D eigenvalue weighted by Crippen LogP contribution is 2.28. The maximum absolute atomic E-state index is 5.98. The van der Waals surface area contributed by atoms with Gasteiger partial charge < -0.3 is 15.4 Å². The van der Waals surface area contributed by atoms with Crippen LogP contribution in [0.1, 0.15) is 13.8 Å². The third kappa shape index (κ3) is 3.19. The number of methoxy groups -OCH3 is 1. The summed E-state index contributed by atoms with van der Waals surface area (Å²) in [6.45, 7) is 8.46. The van der Waals surface area contributed by atoms with Crippen LogP contribution >= 0.6 is 0 Å². The molecule has 0 spiro atoms. The van der Waals surface area contributed by atoms with Crippen LogP contribution in [0.5, 0.6) is 5.75 Å². The van der Waals surface area contributed by atoms with Crippen molar-refractivity contribution in [3.05, 3.63) is 24.3 Å². The molecule has 1 heterocycles. The van der Waals surface area contributed by atoms with Crippen molar-refractivity contribution in [3.8, 4) is 5.75 Å². The molecule has 1 saturated heterocycles. The van der Waals surface area contributed by atoms with Crippen LogP contribution in [-0.4, -0.2) is 50.3 Å². The maximum atomic E-state index is 5.98.